The fourth-order valence-electron chi connectivity index (χ4n) is 2.16. The Kier molecular flexibility index (Phi) is 4.25. The van der Waals surface area contributed by atoms with Crippen LogP contribution in [0.25, 0.3) is 11.1 Å². The van der Waals surface area contributed by atoms with Gasteiger partial charge in [-0.15, -0.1) is 0 Å². The lowest BCUT2D eigenvalue weighted by atomic mass is 9.98. The molecule has 7 heteroatoms. The van der Waals surface area contributed by atoms with E-state index in [-0.39, 0.29) is 6.42 Å². The highest BCUT2D eigenvalue weighted by Gasteiger charge is 2.30. The lowest BCUT2D eigenvalue weighted by Crippen LogP contribution is -2.15. The first kappa shape index (κ1) is 16.1. The zero-order valence-corrected chi connectivity index (χ0v) is 12.1. The van der Waals surface area contributed by atoms with E-state index in [4.69, 9.17) is 5.11 Å². The van der Waals surface area contributed by atoms with Gasteiger partial charge in [0.25, 0.3) is 0 Å². The normalized spacial score (nSPS) is 13.1. The molecule has 1 atom stereocenters. The third-order valence-corrected chi connectivity index (χ3v) is 3.51. The van der Waals surface area contributed by atoms with E-state index in [2.05, 4.69) is 5.10 Å². The standard InChI is InChI=1S/C15H15F3N2O2/c1-9(14(21)22)7-13-12(8-19-20(13)2)10-3-5-11(6-4-10)15(16,17)18/h3-6,8-9H,7H2,1-2H3,(H,21,22). The monoisotopic (exact) mass is 312 g/mol. The number of hydrogen-bond donors (Lipinski definition) is 1. The second-order valence-corrected chi connectivity index (χ2v) is 5.15. The molecule has 0 aliphatic rings. The number of hydrogen-bond acceptors (Lipinski definition) is 2. The number of nitrogens with zero attached hydrogens (tertiary/aromatic N) is 2. The number of rotatable bonds is 4. The van der Waals surface area contributed by atoms with Crippen molar-refractivity contribution in [3.8, 4) is 11.1 Å². The molecule has 118 valence electrons. The summed E-state index contributed by atoms with van der Waals surface area (Å²) in [6.45, 7) is 1.58. The first-order valence-corrected chi connectivity index (χ1v) is 6.61. The molecular weight excluding hydrogens is 297 g/mol. The first-order chi connectivity index (χ1) is 10.2. The van der Waals surface area contributed by atoms with Gasteiger partial charge < -0.3 is 5.11 Å². The molecule has 0 aliphatic heterocycles. The van der Waals surface area contributed by atoms with Gasteiger partial charge in [0, 0.05) is 24.7 Å². The Labute approximate surface area is 125 Å². The van der Waals surface area contributed by atoms with Crippen molar-refractivity contribution in [3.63, 3.8) is 0 Å². The Morgan fingerprint density at radius 2 is 1.91 bits per heavy atom. The second kappa shape index (κ2) is 5.82. The zero-order valence-electron chi connectivity index (χ0n) is 12.1. The molecule has 1 unspecified atom stereocenters. The fraction of sp³-hybridized carbons (Fsp3) is 0.333. The maximum absolute atomic E-state index is 12.6. The van der Waals surface area contributed by atoms with E-state index in [1.165, 1.54) is 18.3 Å². The van der Waals surface area contributed by atoms with Gasteiger partial charge >= 0.3 is 12.1 Å². The predicted octanol–water partition coefficient (Wildman–Crippen LogP) is 3.37. The van der Waals surface area contributed by atoms with Crippen LogP contribution in [0.3, 0.4) is 0 Å². The maximum atomic E-state index is 12.6. The van der Waals surface area contributed by atoms with Crippen molar-refractivity contribution in [3.05, 3.63) is 41.7 Å². The van der Waals surface area contributed by atoms with Crippen LogP contribution in [0.1, 0.15) is 18.2 Å². The van der Waals surface area contributed by atoms with Gasteiger partial charge in [-0.25, -0.2) is 0 Å². The Bertz CT molecular complexity index is 675. The Hall–Kier alpha value is -2.31. The molecule has 0 bridgehead atoms. The Balaban J connectivity index is 2.35. The molecule has 2 rings (SSSR count). The number of benzene rings is 1. The van der Waals surface area contributed by atoms with Crippen molar-refractivity contribution in [1.82, 2.24) is 9.78 Å². The molecule has 2 aromatic rings. The summed E-state index contributed by atoms with van der Waals surface area (Å²) < 4.78 is 39.3. The van der Waals surface area contributed by atoms with Gasteiger partial charge in [0.2, 0.25) is 0 Å². The zero-order chi connectivity index (χ0) is 16.5. The summed E-state index contributed by atoms with van der Waals surface area (Å²) in [4.78, 5) is 11.0. The van der Waals surface area contributed by atoms with Crippen LogP contribution in [-0.2, 0) is 24.4 Å². The van der Waals surface area contributed by atoms with Gasteiger partial charge in [0.05, 0.1) is 17.7 Å². The third-order valence-electron chi connectivity index (χ3n) is 3.51. The Morgan fingerprint density at radius 1 is 1.32 bits per heavy atom. The first-order valence-electron chi connectivity index (χ1n) is 6.61. The minimum absolute atomic E-state index is 0.252. The molecule has 1 N–H and O–H groups in total. The molecule has 1 aromatic heterocycles. The van der Waals surface area contributed by atoms with Crippen LogP contribution < -0.4 is 0 Å². The number of carboxylic acids is 1. The highest BCUT2D eigenvalue weighted by Crippen LogP contribution is 2.32. The van der Waals surface area contributed by atoms with E-state index in [1.54, 1.807) is 18.7 Å². The average molecular weight is 312 g/mol. The molecule has 0 saturated carbocycles. The lowest BCUT2D eigenvalue weighted by Gasteiger charge is -2.11. The molecule has 0 fully saturated rings. The van der Waals surface area contributed by atoms with Crippen molar-refractivity contribution < 1.29 is 23.1 Å². The quantitative estimate of drug-likeness (QED) is 0.941. The van der Waals surface area contributed by atoms with Crippen molar-refractivity contribution >= 4 is 5.97 Å². The van der Waals surface area contributed by atoms with Crippen LogP contribution in [0, 0.1) is 5.92 Å². The van der Waals surface area contributed by atoms with Gasteiger partial charge in [0.1, 0.15) is 0 Å². The number of aryl methyl sites for hydroxylation is 1. The van der Waals surface area contributed by atoms with Gasteiger partial charge in [-0.1, -0.05) is 19.1 Å². The summed E-state index contributed by atoms with van der Waals surface area (Å²) in [5.41, 5.74) is 1.17. The summed E-state index contributed by atoms with van der Waals surface area (Å²) in [5, 5.41) is 13.1. The van der Waals surface area contributed by atoms with Crippen molar-refractivity contribution in [1.29, 1.82) is 0 Å². The highest BCUT2D eigenvalue weighted by atomic mass is 19.4. The van der Waals surface area contributed by atoms with Gasteiger partial charge in [-0.3, -0.25) is 9.48 Å². The molecule has 22 heavy (non-hydrogen) atoms. The number of aliphatic carboxylic acids is 1. The van der Waals surface area contributed by atoms with Crippen LogP contribution in [0.15, 0.2) is 30.5 Å². The molecule has 0 amide bonds. The van der Waals surface area contributed by atoms with E-state index in [9.17, 15) is 18.0 Å². The molecule has 1 aromatic carbocycles. The molecule has 4 nitrogen and oxygen atoms in total. The molecule has 0 aliphatic carbocycles. The van der Waals surface area contributed by atoms with Crippen LogP contribution in [-0.4, -0.2) is 20.9 Å². The SMILES string of the molecule is CC(Cc1c(-c2ccc(C(F)(F)F)cc2)cnn1C)C(=O)O. The van der Waals surface area contributed by atoms with E-state index < -0.39 is 23.6 Å². The minimum atomic E-state index is -4.38. The van der Waals surface area contributed by atoms with E-state index in [0.29, 0.717) is 16.8 Å². The van der Waals surface area contributed by atoms with Crippen LogP contribution in [0.5, 0.6) is 0 Å². The average Bonchev–Trinajstić information content (AvgIpc) is 2.79. The van der Waals surface area contributed by atoms with E-state index in [0.717, 1.165) is 12.1 Å². The maximum Gasteiger partial charge on any atom is 0.416 e. The topological polar surface area (TPSA) is 55.1 Å². The number of halogens is 3. The number of carboxylic acid groups (broad SMARTS) is 1. The fourth-order valence-corrected chi connectivity index (χ4v) is 2.16. The van der Waals surface area contributed by atoms with Crippen LogP contribution >= 0.6 is 0 Å². The smallest absolute Gasteiger partial charge is 0.416 e. The van der Waals surface area contributed by atoms with Gasteiger partial charge in [0.15, 0.2) is 0 Å². The van der Waals surface area contributed by atoms with Crippen LogP contribution in [0.2, 0.25) is 0 Å². The molecule has 1 heterocycles. The summed E-state index contributed by atoms with van der Waals surface area (Å²) in [7, 11) is 1.68. The van der Waals surface area contributed by atoms with Gasteiger partial charge in [-0.05, 0) is 17.7 Å². The number of carbonyl (C=O) groups is 1. The van der Waals surface area contributed by atoms with Crippen molar-refractivity contribution in [2.24, 2.45) is 13.0 Å². The second-order valence-electron chi connectivity index (χ2n) is 5.15. The van der Waals surface area contributed by atoms with E-state index >= 15 is 0 Å². The Morgan fingerprint density at radius 3 is 2.41 bits per heavy atom. The van der Waals surface area contributed by atoms with Crippen LogP contribution in [0.4, 0.5) is 13.2 Å². The predicted molar refractivity (Wildman–Crippen MR) is 74.1 cm³/mol. The summed E-state index contributed by atoms with van der Waals surface area (Å²) in [6, 6.07) is 4.75. The summed E-state index contributed by atoms with van der Waals surface area (Å²) >= 11 is 0. The van der Waals surface area contributed by atoms with Crippen molar-refractivity contribution in [2.75, 3.05) is 0 Å². The number of aromatic nitrogens is 2. The largest absolute Gasteiger partial charge is 0.481 e. The molecule has 0 saturated heterocycles. The molecular formula is C15H15F3N2O2. The van der Waals surface area contributed by atoms with E-state index in [1.807, 2.05) is 0 Å². The number of alkyl halides is 3. The molecule has 0 spiro atoms. The minimum Gasteiger partial charge on any atom is -0.481 e. The summed E-state index contributed by atoms with van der Waals surface area (Å²) in [6.07, 6.45) is -2.59. The van der Waals surface area contributed by atoms with Gasteiger partial charge in [-0.2, -0.15) is 18.3 Å². The van der Waals surface area contributed by atoms with Crippen molar-refractivity contribution in [2.45, 2.75) is 19.5 Å². The third kappa shape index (κ3) is 3.29. The molecule has 0 radical (unpaired) electrons. The highest BCUT2D eigenvalue weighted by molar-refractivity contribution is 5.71. The lowest BCUT2D eigenvalue weighted by molar-refractivity contribution is -0.141. The summed E-state index contributed by atoms with van der Waals surface area (Å²) in [5.74, 6) is -1.54.